The first kappa shape index (κ1) is 12.8. The first-order valence-corrected chi connectivity index (χ1v) is 7.39. The van der Waals surface area contributed by atoms with Crippen LogP contribution in [-0.2, 0) is 6.54 Å². The molecule has 0 aliphatic carbocycles. The van der Waals surface area contributed by atoms with Gasteiger partial charge < -0.3 is 10.2 Å². The Morgan fingerprint density at radius 1 is 1.47 bits per heavy atom. The number of hydrogen-bond acceptors (Lipinski definition) is 4. The van der Waals surface area contributed by atoms with Crippen molar-refractivity contribution in [2.24, 2.45) is 5.41 Å². The summed E-state index contributed by atoms with van der Waals surface area (Å²) in [5.74, 6) is 0. The summed E-state index contributed by atoms with van der Waals surface area (Å²) in [6, 6.07) is 0. The largest absolute Gasteiger partial charge is 0.348 e. The van der Waals surface area contributed by atoms with Crippen molar-refractivity contribution in [3.8, 4) is 0 Å². The van der Waals surface area contributed by atoms with Gasteiger partial charge in [-0.3, -0.25) is 0 Å². The lowest BCUT2D eigenvalue weighted by molar-refractivity contribution is 0.301. The van der Waals surface area contributed by atoms with Gasteiger partial charge >= 0.3 is 0 Å². The quantitative estimate of drug-likeness (QED) is 0.874. The minimum absolute atomic E-state index is 0.537. The van der Waals surface area contributed by atoms with Crippen molar-refractivity contribution >= 4 is 16.5 Å². The molecule has 2 heterocycles. The summed E-state index contributed by atoms with van der Waals surface area (Å²) in [5, 5.41) is 4.39. The average molecular weight is 253 g/mol. The molecule has 0 spiro atoms. The molecule has 3 nitrogen and oxygen atoms in total. The van der Waals surface area contributed by atoms with E-state index in [0.717, 1.165) is 6.54 Å². The van der Waals surface area contributed by atoms with Crippen LogP contribution < -0.4 is 10.2 Å². The smallest absolute Gasteiger partial charge is 0.185 e. The summed E-state index contributed by atoms with van der Waals surface area (Å²) in [4.78, 5) is 8.35. The second-order valence-corrected chi connectivity index (χ2v) is 6.11. The second kappa shape index (κ2) is 5.36. The molecular weight excluding hydrogens is 230 g/mol. The molecule has 1 aliphatic rings. The zero-order valence-corrected chi connectivity index (χ0v) is 11.9. The van der Waals surface area contributed by atoms with Gasteiger partial charge in [-0.1, -0.05) is 13.8 Å². The number of hydrogen-bond donors (Lipinski definition) is 1. The molecule has 1 N–H and O–H groups in total. The van der Waals surface area contributed by atoms with Crippen LogP contribution in [0.1, 0.15) is 38.0 Å². The van der Waals surface area contributed by atoms with Gasteiger partial charge in [-0.05, 0) is 31.7 Å². The predicted octanol–water partition coefficient (Wildman–Crippen LogP) is 2.88. The zero-order valence-electron chi connectivity index (χ0n) is 11.1. The fourth-order valence-electron chi connectivity index (χ4n) is 2.62. The molecule has 1 saturated heterocycles. The second-order valence-electron chi connectivity index (χ2n) is 5.02. The van der Waals surface area contributed by atoms with Gasteiger partial charge in [0.25, 0.3) is 0 Å². The van der Waals surface area contributed by atoms with E-state index in [4.69, 9.17) is 0 Å². The van der Waals surface area contributed by atoms with Crippen LogP contribution in [-0.4, -0.2) is 25.1 Å². The maximum atomic E-state index is 4.56. The third-order valence-electron chi connectivity index (χ3n) is 4.10. The van der Waals surface area contributed by atoms with Crippen LogP contribution in [0.15, 0.2) is 6.20 Å². The molecule has 0 saturated carbocycles. The zero-order chi connectivity index (χ0) is 12.3. The molecule has 2 rings (SSSR count). The molecule has 96 valence electrons. The van der Waals surface area contributed by atoms with Gasteiger partial charge in [0.15, 0.2) is 5.13 Å². The molecule has 0 radical (unpaired) electrons. The Kier molecular flexibility index (Phi) is 4.05. The Bertz CT molecular complexity index is 357. The van der Waals surface area contributed by atoms with Gasteiger partial charge in [0.1, 0.15) is 0 Å². The summed E-state index contributed by atoms with van der Waals surface area (Å²) < 4.78 is 0. The van der Waals surface area contributed by atoms with Gasteiger partial charge in [0, 0.05) is 30.7 Å². The highest BCUT2D eigenvalue weighted by Crippen LogP contribution is 2.39. The van der Waals surface area contributed by atoms with Crippen LogP contribution in [0, 0.1) is 5.41 Å². The summed E-state index contributed by atoms with van der Waals surface area (Å²) >= 11 is 1.83. The maximum Gasteiger partial charge on any atom is 0.185 e. The van der Waals surface area contributed by atoms with Crippen molar-refractivity contribution in [1.82, 2.24) is 10.3 Å². The minimum atomic E-state index is 0.537. The summed E-state index contributed by atoms with van der Waals surface area (Å²) in [5.41, 5.74) is 0.537. The van der Waals surface area contributed by atoms with E-state index in [-0.39, 0.29) is 0 Å². The molecule has 4 heteroatoms. The van der Waals surface area contributed by atoms with Crippen LogP contribution in [0.2, 0.25) is 0 Å². The van der Waals surface area contributed by atoms with Crippen molar-refractivity contribution in [1.29, 1.82) is 0 Å². The molecule has 0 atom stereocenters. The van der Waals surface area contributed by atoms with Crippen LogP contribution >= 0.6 is 11.3 Å². The number of nitrogens with zero attached hydrogens (tertiary/aromatic N) is 2. The van der Waals surface area contributed by atoms with Crippen molar-refractivity contribution in [3.63, 3.8) is 0 Å². The molecule has 1 aliphatic heterocycles. The van der Waals surface area contributed by atoms with Crippen molar-refractivity contribution in [2.75, 3.05) is 25.0 Å². The highest BCUT2D eigenvalue weighted by molar-refractivity contribution is 7.15. The molecule has 0 unspecified atom stereocenters. The van der Waals surface area contributed by atoms with E-state index >= 15 is 0 Å². The molecule has 17 heavy (non-hydrogen) atoms. The molecular formula is C13H23N3S. The number of thiazole rings is 1. The van der Waals surface area contributed by atoms with Crippen LogP contribution in [0.25, 0.3) is 0 Å². The van der Waals surface area contributed by atoms with Crippen molar-refractivity contribution in [2.45, 2.75) is 39.7 Å². The van der Waals surface area contributed by atoms with Crippen molar-refractivity contribution < 1.29 is 0 Å². The number of aromatic nitrogens is 1. The Hall–Kier alpha value is -0.610. The van der Waals surface area contributed by atoms with Gasteiger partial charge in [-0.2, -0.15) is 0 Å². The third-order valence-corrected chi connectivity index (χ3v) is 5.16. The van der Waals surface area contributed by atoms with Gasteiger partial charge in [0.05, 0.1) is 0 Å². The van der Waals surface area contributed by atoms with E-state index in [2.05, 4.69) is 29.0 Å². The molecule has 1 aromatic heterocycles. The molecule has 1 fully saturated rings. The summed E-state index contributed by atoms with van der Waals surface area (Å²) in [6.45, 7) is 7.93. The van der Waals surface area contributed by atoms with Crippen LogP contribution in [0.3, 0.4) is 0 Å². The number of rotatable bonds is 5. The minimum Gasteiger partial charge on any atom is -0.348 e. The highest BCUT2D eigenvalue weighted by atomic mass is 32.1. The van der Waals surface area contributed by atoms with Gasteiger partial charge in [-0.25, -0.2) is 4.98 Å². The Balaban J connectivity index is 2.04. The number of anilines is 1. The van der Waals surface area contributed by atoms with E-state index in [9.17, 15) is 0 Å². The third kappa shape index (κ3) is 2.63. The molecule has 1 aromatic rings. The molecule has 0 bridgehead atoms. The SMILES string of the molecule is CCC1(CC)CCN(c2ncc(CNC)s2)C1. The monoisotopic (exact) mass is 253 g/mol. The van der Waals surface area contributed by atoms with E-state index < -0.39 is 0 Å². The summed E-state index contributed by atoms with van der Waals surface area (Å²) in [6.07, 6.45) is 5.90. The van der Waals surface area contributed by atoms with Crippen LogP contribution in [0.5, 0.6) is 0 Å². The first-order chi connectivity index (χ1) is 8.23. The fourth-order valence-corrected chi connectivity index (χ4v) is 3.57. The topological polar surface area (TPSA) is 28.2 Å². The van der Waals surface area contributed by atoms with Gasteiger partial charge in [-0.15, -0.1) is 11.3 Å². The van der Waals surface area contributed by atoms with E-state index in [1.807, 2.05) is 24.6 Å². The number of nitrogens with one attached hydrogen (secondary N) is 1. The first-order valence-electron chi connectivity index (χ1n) is 6.57. The Morgan fingerprint density at radius 2 is 2.24 bits per heavy atom. The predicted molar refractivity (Wildman–Crippen MR) is 74.7 cm³/mol. The summed E-state index contributed by atoms with van der Waals surface area (Å²) in [7, 11) is 1.98. The normalized spacial score (nSPS) is 18.9. The van der Waals surface area contributed by atoms with E-state index in [0.29, 0.717) is 5.41 Å². The lowest BCUT2D eigenvalue weighted by atomic mass is 9.82. The fraction of sp³-hybridized carbons (Fsp3) is 0.769. The van der Waals surface area contributed by atoms with E-state index in [1.54, 1.807) is 0 Å². The van der Waals surface area contributed by atoms with Gasteiger partial charge in [0.2, 0.25) is 0 Å². The Morgan fingerprint density at radius 3 is 2.82 bits per heavy atom. The van der Waals surface area contributed by atoms with E-state index in [1.165, 1.54) is 42.4 Å². The molecule has 0 amide bonds. The lowest BCUT2D eigenvalue weighted by Crippen LogP contribution is -2.25. The van der Waals surface area contributed by atoms with Crippen LogP contribution in [0.4, 0.5) is 5.13 Å². The standard InChI is InChI=1S/C13H23N3S/c1-4-13(5-2)6-7-16(10-13)12-15-9-11(17-12)8-14-3/h9,14H,4-8,10H2,1-3H3. The average Bonchev–Trinajstić information content (AvgIpc) is 2.96. The lowest BCUT2D eigenvalue weighted by Gasteiger charge is -2.26. The maximum absolute atomic E-state index is 4.56. The Labute approximate surface area is 108 Å². The highest BCUT2D eigenvalue weighted by Gasteiger charge is 2.35. The molecule has 0 aromatic carbocycles. The van der Waals surface area contributed by atoms with Crippen molar-refractivity contribution in [3.05, 3.63) is 11.1 Å².